The van der Waals surface area contributed by atoms with Gasteiger partial charge in [0.15, 0.2) is 0 Å². The normalized spacial score (nSPS) is 10.3. The average molecular weight is 328 g/mol. The molecule has 0 aliphatic heterocycles. The van der Waals surface area contributed by atoms with Crippen molar-refractivity contribution >= 4 is 34.8 Å². The fourth-order valence-corrected chi connectivity index (χ4v) is 2.58. The van der Waals surface area contributed by atoms with Crippen LogP contribution in [-0.4, -0.2) is 21.1 Å². The molecule has 0 unspecified atom stereocenters. The Kier molecular flexibility index (Phi) is 6.67. The van der Waals surface area contributed by atoms with Crippen molar-refractivity contribution in [1.29, 1.82) is 0 Å². The Morgan fingerprint density at radius 2 is 2.19 bits per heavy atom. The largest absolute Gasteiger partial charge is 0.325 e. The van der Waals surface area contributed by atoms with Gasteiger partial charge < -0.3 is 5.73 Å². The first-order valence-corrected chi connectivity index (χ1v) is 7.19. The number of anilines is 1. The molecule has 0 spiro atoms. The second kappa shape index (κ2) is 8.02. The van der Waals surface area contributed by atoms with E-state index in [1.807, 2.05) is 0 Å². The number of pyridine rings is 1. The van der Waals surface area contributed by atoms with E-state index in [0.29, 0.717) is 28.9 Å². The molecule has 6 nitrogen and oxygen atoms in total. The molecular formula is C13H18ClN5OS. The Balaban J connectivity index is 0.00000220. The lowest BCUT2D eigenvalue weighted by molar-refractivity contribution is 0.102. The van der Waals surface area contributed by atoms with E-state index in [1.54, 1.807) is 18.3 Å². The van der Waals surface area contributed by atoms with E-state index in [2.05, 4.69) is 34.3 Å². The number of halogens is 1. The van der Waals surface area contributed by atoms with Crippen molar-refractivity contribution in [2.75, 3.05) is 5.32 Å². The number of hydrogen-bond acceptors (Lipinski definition) is 6. The van der Waals surface area contributed by atoms with Crippen LogP contribution in [0.1, 0.15) is 34.9 Å². The number of carbonyl (C=O) groups excluding carboxylic acids is 1. The number of nitrogens with zero attached hydrogens (tertiary/aromatic N) is 3. The third kappa shape index (κ3) is 5.04. The summed E-state index contributed by atoms with van der Waals surface area (Å²) < 4.78 is 0. The van der Waals surface area contributed by atoms with Gasteiger partial charge in [-0.1, -0.05) is 25.2 Å². The second-order valence-electron chi connectivity index (χ2n) is 4.79. The van der Waals surface area contributed by atoms with Crippen LogP contribution in [0.2, 0.25) is 0 Å². The zero-order chi connectivity index (χ0) is 14.5. The third-order valence-corrected chi connectivity index (χ3v) is 3.42. The number of rotatable bonds is 5. The van der Waals surface area contributed by atoms with Crippen LogP contribution in [0.5, 0.6) is 0 Å². The van der Waals surface area contributed by atoms with Crippen molar-refractivity contribution < 1.29 is 4.79 Å². The summed E-state index contributed by atoms with van der Waals surface area (Å²) in [6.07, 6.45) is 2.43. The monoisotopic (exact) mass is 327 g/mol. The van der Waals surface area contributed by atoms with Crippen LogP contribution < -0.4 is 11.1 Å². The third-order valence-electron chi connectivity index (χ3n) is 2.56. The van der Waals surface area contributed by atoms with Crippen molar-refractivity contribution in [3.63, 3.8) is 0 Å². The zero-order valence-corrected chi connectivity index (χ0v) is 13.5. The van der Waals surface area contributed by atoms with E-state index in [-0.39, 0.29) is 18.3 Å². The molecule has 21 heavy (non-hydrogen) atoms. The highest BCUT2D eigenvalue weighted by Gasteiger charge is 2.11. The molecule has 0 aliphatic rings. The van der Waals surface area contributed by atoms with Gasteiger partial charge in [0.05, 0.1) is 5.69 Å². The molecule has 0 aromatic carbocycles. The Morgan fingerprint density at radius 3 is 2.86 bits per heavy atom. The number of carbonyl (C=O) groups is 1. The molecule has 0 saturated carbocycles. The number of nitrogens with two attached hydrogens (primary N) is 1. The Labute approximate surface area is 133 Å². The van der Waals surface area contributed by atoms with Crippen molar-refractivity contribution in [2.24, 2.45) is 11.7 Å². The van der Waals surface area contributed by atoms with Gasteiger partial charge in [0, 0.05) is 24.7 Å². The highest BCUT2D eigenvalue weighted by atomic mass is 35.5. The minimum atomic E-state index is -0.227. The smallest absolute Gasteiger partial charge is 0.257 e. The number of nitrogens with one attached hydrogen (secondary N) is 1. The fraction of sp³-hybridized carbons (Fsp3) is 0.385. The Hall–Kier alpha value is -1.57. The van der Waals surface area contributed by atoms with E-state index < -0.39 is 0 Å². The number of aromatic nitrogens is 3. The predicted octanol–water partition coefficient (Wildman–Crippen LogP) is 2.26. The maximum absolute atomic E-state index is 12.1. The van der Waals surface area contributed by atoms with E-state index in [0.717, 1.165) is 11.4 Å². The molecule has 114 valence electrons. The molecule has 2 rings (SSSR count). The first-order valence-electron chi connectivity index (χ1n) is 6.37. The van der Waals surface area contributed by atoms with Gasteiger partial charge in [0.25, 0.3) is 5.91 Å². The summed E-state index contributed by atoms with van der Waals surface area (Å²) in [5.74, 6) is 0.285. The summed E-state index contributed by atoms with van der Waals surface area (Å²) in [4.78, 5) is 16.1. The summed E-state index contributed by atoms with van der Waals surface area (Å²) in [5, 5.41) is 12.2. The fourth-order valence-electron chi connectivity index (χ4n) is 1.64. The van der Waals surface area contributed by atoms with Crippen LogP contribution in [0.25, 0.3) is 0 Å². The predicted molar refractivity (Wildman–Crippen MR) is 85.8 cm³/mol. The molecule has 2 heterocycles. The number of amides is 1. The van der Waals surface area contributed by atoms with Crippen molar-refractivity contribution in [2.45, 2.75) is 26.8 Å². The molecule has 0 bridgehead atoms. The standard InChI is InChI=1S/C13H17N5OS.ClH/c1-8(2)5-11-17-18-13(20-11)16-12(19)9-3-4-15-10(6-9)7-14;/h3-4,6,8H,5,7,14H2,1-2H3,(H,16,18,19);1H. The lowest BCUT2D eigenvalue weighted by atomic mass is 10.1. The molecular weight excluding hydrogens is 310 g/mol. The van der Waals surface area contributed by atoms with Crippen LogP contribution in [0.4, 0.5) is 5.13 Å². The van der Waals surface area contributed by atoms with Crippen LogP contribution >= 0.6 is 23.7 Å². The maximum atomic E-state index is 12.1. The van der Waals surface area contributed by atoms with Gasteiger partial charge in [0.1, 0.15) is 5.01 Å². The Morgan fingerprint density at radius 1 is 1.43 bits per heavy atom. The van der Waals surface area contributed by atoms with E-state index in [9.17, 15) is 4.79 Å². The molecule has 8 heteroatoms. The topological polar surface area (TPSA) is 93.8 Å². The SMILES string of the molecule is CC(C)Cc1nnc(NC(=O)c2ccnc(CN)c2)s1.Cl. The summed E-state index contributed by atoms with van der Waals surface area (Å²) in [6, 6.07) is 3.32. The average Bonchev–Trinajstić information content (AvgIpc) is 2.85. The highest BCUT2D eigenvalue weighted by molar-refractivity contribution is 7.15. The van der Waals surface area contributed by atoms with Crippen molar-refractivity contribution in [1.82, 2.24) is 15.2 Å². The van der Waals surface area contributed by atoms with Gasteiger partial charge in [-0.25, -0.2) is 0 Å². The first-order chi connectivity index (χ1) is 9.58. The minimum absolute atomic E-state index is 0. The summed E-state index contributed by atoms with van der Waals surface area (Å²) >= 11 is 1.40. The van der Waals surface area contributed by atoms with Gasteiger partial charge in [0.2, 0.25) is 5.13 Å². The van der Waals surface area contributed by atoms with Crippen LogP contribution in [0, 0.1) is 5.92 Å². The highest BCUT2D eigenvalue weighted by Crippen LogP contribution is 2.19. The van der Waals surface area contributed by atoms with Gasteiger partial charge >= 0.3 is 0 Å². The van der Waals surface area contributed by atoms with E-state index >= 15 is 0 Å². The molecule has 0 saturated heterocycles. The molecule has 0 fully saturated rings. The molecule has 1 amide bonds. The van der Waals surface area contributed by atoms with Crippen LogP contribution in [0.15, 0.2) is 18.3 Å². The molecule has 2 aromatic heterocycles. The minimum Gasteiger partial charge on any atom is -0.325 e. The van der Waals surface area contributed by atoms with Gasteiger partial charge in [-0.2, -0.15) is 0 Å². The van der Waals surface area contributed by atoms with Crippen molar-refractivity contribution in [3.8, 4) is 0 Å². The van der Waals surface area contributed by atoms with Crippen molar-refractivity contribution in [3.05, 3.63) is 34.6 Å². The van der Waals surface area contributed by atoms with Gasteiger partial charge in [-0.05, 0) is 18.1 Å². The van der Waals surface area contributed by atoms with Crippen LogP contribution in [-0.2, 0) is 13.0 Å². The van der Waals surface area contributed by atoms with E-state index in [4.69, 9.17) is 5.73 Å². The van der Waals surface area contributed by atoms with Gasteiger partial charge in [-0.3, -0.25) is 15.1 Å². The molecule has 3 N–H and O–H groups in total. The molecule has 0 radical (unpaired) electrons. The lowest BCUT2D eigenvalue weighted by Crippen LogP contribution is -2.13. The second-order valence-corrected chi connectivity index (χ2v) is 5.86. The first kappa shape index (κ1) is 17.5. The van der Waals surface area contributed by atoms with Gasteiger partial charge in [-0.15, -0.1) is 22.6 Å². The summed E-state index contributed by atoms with van der Waals surface area (Å²) in [6.45, 7) is 4.54. The van der Waals surface area contributed by atoms with E-state index in [1.165, 1.54) is 11.3 Å². The molecule has 0 atom stereocenters. The quantitative estimate of drug-likeness (QED) is 0.878. The lowest BCUT2D eigenvalue weighted by Gasteiger charge is -2.02. The summed E-state index contributed by atoms with van der Waals surface area (Å²) in [7, 11) is 0. The van der Waals surface area contributed by atoms with Crippen LogP contribution in [0.3, 0.4) is 0 Å². The maximum Gasteiger partial charge on any atom is 0.257 e. The zero-order valence-electron chi connectivity index (χ0n) is 11.9. The Bertz CT molecular complexity index is 602. The number of hydrogen-bond donors (Lipinski definition) is 2. The molecule has 2 aromatic rings. The molecule has 0 aliphatic carbocycles. The summed E-state index contributed by atoms with van der Waals surface area (Å²) in [5.41, 5.74) is 6.70.